The highest BCUT2D eigenvalue weighted by molar-refractivity contribution is 7.87. The van der Waals surface area contributed by atoms with E-state index in [1.54, 1.807) is 23.1 Å². The zero-order chi connectivity index (χ0) is 25.5. The summed E-state index contributed by atoms with van der Waals surface area (Å²) in [5.74, 6) is -0.00913. The van der Waals surface area contributed by atoms with Crippen LogP contribution in [0.5, 0.6) is 11.5 Å². The fraction of sp³-hybridized carbons (Fsp3) is 0.417. The van der Waals surface area contributed by atoms with Gasteiger partial charge in [-0.15, -0.1) is 0 Å². The maximum atomic E-state index is 12.9. The van der Waals surface area contributed by atoms with Crippen LogP contribution in [-0.4, -0.2) is 44.4 Å². The summed E-state index contributed by atoms with van der Waals surface area (Å²) in [5.41, 5.74) is 1.15. The molecule has 2 rings (SSSR count). The molecule has 0 unspecified atom stereocenters. The Morgan fingerprint density at radius 2 is 1.68 bits per heavy atom. The monoisotopic (exact) mass is 491 g/mol. The van der Waals surface area contributed by atoms with Gasteiger partial charge in [-0.05, 0) is 69.2 Å². The smallest absolute Gasteiger partial charge is 0.339 e. The predicted molar refractivity (Wildman–Crippen MR) is 131 cm³/mol. The lowest BCUT2D eigenvalue weighted by Crippen LogP contribution is -2.46. The highest BCUT2D eigenvalue weighted by Crippen LogP contribution is 2.32. The summed E-state index contributed by atoms with van der Waals surface area (Å²) >= 11 is 0. The first-order valence-corrected chi connectivity index (χ1v) is 12.4. The molecule has 3 amide bonds. The number of carbonyl (C=O) groups excluding carboxylic acids is 2. The summed E-state index contributed by atoms with van der Waals surface area (Å²) in [7, 11) is -2.76. The fourth-order valence-electron chi connectivity index (χ4n) is 3.13. The molecule has 0 heterocycles. The van der Waals surface area contributed by atoms with Gasteiger partial charge in [-0.25, -0.2) is 4.79 Å². The first-order chi connectivity index (χ1) is 16.0. The van der Waals surface area contributed by atoms with E-state index in [1.807, 2.05) is 27.7 Å². The Balaban J connectivity index is 2.31. The standard InChI is InChI=1S/C24H33N3O6S/c1-7-17(4)27(24(29)25-16(2)3)15-19-8-13-22(32-6)23(14-19)33-34(30,31)21-11-9-20(10-12-21)26-18(5)28/h8-14,16-17H,7,15H2,1-6H3,(H,25,29)(H,26,28)/t17-/m0/s1. The predicted octanol–water partition coefficient (Wildman–Crippen LogP) is 4.14. The molecular weight excluding hydrogens is 458 g/mol. The number of amides is 3. The lowest BCUT2D eigenvalue weighted by Gasteiger charge is -2.30. The van der Waals surface area contributed by atoms with Crippen LogP contribution in [0.3, 0.4) is 0 Å². The Morgan fingerprint density at radius 3 is 2.21 bits per heavy atom. The quantitative estimate of drug-likeness (QED) is 0.483. The molecule has 2 N–H and O–H groups in total. The number of urea groups is 1. The minimum atomic E-state index is -4.18. The number of hydrogen-bond acceptors (Lipinski definition) is 6. The molecule has 0 bridgehead atoms. The minimum Gasteiger partial charge on any atom is -0.493 e. The molecule has 10 heteroatoms. The van der Waals surface area contributed by atoms with E-state index in [1.165, 1.54) is 38.3 Å². The molecule has 0 aliphatic rings. The Labute approximate surface area is 201 Å². The highest BCUT2D eigenvalue weighted by Gasteiger charge is 2.23. The number of nitrogens with zero attached hydrogens (tertiary/aromatic N) is 1. The lowest BCUT2D eigenvalue weighted by atomic mass is 10.1. The van der Waals surface area contributed by atoms with Gasteiger partial charge in [-0.3, -0.25) is 4.79 Å². The molecule has 0 spiro atoms. The first-order valence-electron chi connectivity index (χ1n) is 11.0. The molecule has 0 fully saturated rings. The van der Waals surface area contributed by atoms with Crippen LogP contribution in [0.25, 0.3) is 0 Å². The Hall–Kier alpha value is -3.27. The number of rotatable bonds is 10. The van der Waals surface area contributed by atoms with Gasteiger partial charge in [0, 0.05) is 31.2 Å². The number of ether oxygens (including phenoxy) is 1. The second kappa shape index (κ2) is 11.7. The largest absolute Gasteiger partial charge is 0.493 e. The van der Waals surface area contributed by atoms with Gasteiger partial charge < -0.3 is 24.5 Å². The van der Waals surface area contributed by atoms with E-state index in [2.05, 4.69) is 10.6 Å². The zero-order valence-corrected chi connectivity index (χ0v) is 21.2. The molecule has 0 aromatic heterocycles. The molecule has 2 aromatic rings. The van der Waals surface area contributed by atoms with Crippen LogP contribution in [0.1, 0.15) is 46.6 Å². The Bertz CT molecular complexity index is 1100. The third-order valence-corrected chi connectivity index (χ3v) is 6.29. The van der Waals surface area contributed by atoms with Crippen molar-refractivity contribution in [2.45, 2.75) is 64.6 Å². The summed E-state index contributed by atoms with van der Waals surface area (Å²) in [6.45, 7) is 9.35. The molecule has 0 saturated carbocycles. The van der Waals surface area contributed by atoms with Crippen molar-refractivity contribution < 1.29 is 26.9 Å². The van der Waals surface area contributed by atoms with Crippen LogP contribution in [0.4, 0.5) is 10.5 Å². The SMILES string of the molecule is CC[C@H](C)N(Cc1ccc(OC)c(OS(=O)(=O)c2ccc(NC(C)=O)cc2)c1)C(=O)NC(C)C. The number of anilines is 1. The molecule has 186 valence electrons. The molecule has 0 radical (unpaired) electrons. The van der Waals surface area contributed by atoms with E-state index in [4.69, 9.17) is 8.92 Å². The second-order valence-corrected chi connectivity index (χ2v) is 9.76. The van der Waals surface area contributed by atoms with Crippen LogP contribution in [0.15, 0.2) is 47.4 Å². The van der Waals surface area contributed by atoms with Gasteiger partial charge in [-0.2, -0.15) is 8.42 Å². The highest BCUT2D eigenvalue weighted by atomic mass is 32.2. The molecule has 0 aliphatic heterocycles. The summed E-state index contributed by atoms with van der Waals surface area (Å²) in [4.78, 5) is 25.5. The van der Waals surface area contributed by atoms with E-state index < -0.39 is 10.1 Å². The van der Waals surface area contributed by atoms with Crippen LogP contribution >= 0.6 is 0 Å². The molecule has 1 atom stereocenters. The fourth-order valence-corrected chi connectivity index (χ4v) is 4.07. The number of carbonyl (C=O) groups is 2. The van der Waals surface area contributed by atoms with E-state index in [-0.39, 0.29) is 47.0 Å². The number of nitrogens with one attached hydrogen (secondary N) is 2. The normalized spacial score (nSPS) is 12.1. The van der Waals surface area contributed by atoms with Crippen LogP contribution < -0.4 is 19.6 Å². The van der Waals surface area contributed by atoms with Gasteiger partial charge in [0.15, 0.2) is 11.5 Å². The van der Waals surface area contributed by atoms with Gasteiger partial charge in [0.05, 0.1) is 7.11 Å². The second-order valence-electron chi connectivity index (χ2n) is 8.22. The molecule has 34 heavy (non-hydrogen) atoms. The number of benzene rings is 2. The Kier molecular flexibility index (Phi) is 9.31. The van der Waals surface area contributed by atoms with Gasteiger partial charge in [0.25, 0.3) is 0 Å². The maximum Gasteiger partial charge on any atom is 0.339 e. The molecule has 0 aliphatic carbocycles. The average molecular weight is 492 g/mol. The first kappa shape index (κ1) is 27.0. The third-order valence-electron chi connectivity index (χ3n) is 5.04. The van der Waals surface area contributed by atoms with Gasteiger partial charge in [0.1, 0.15) is 4.90 Å². The van der Waals surface area contributed by atoms with E-state index >= 15 is 0 Å². The molecule has 2 aromatic carbocycles. The van der Waals surface area contributed by atoms with Crippen molar-refractivity contribution in [2.24, 2.45) is 0 Å². The Morgan fingerprint density at radius 1 is 1.03 bits per heavy atom. The average Bonchev–Trinajstić information content (AvgIpc) is 2.76. The zero-order valence-electron chi connectivity index (χ0n) is 20.4. The van der Waals surface area contributed by atoms with E-state index in [0.717, 1.165) is 6.42 Å². The van der Waals surface area contributed by atoms with Crippen molar-refractivity contribution in [3.8, 4) is 11.5 Å². The van der Waals surface area contributed by atoms with Crippen molar-refractivity contribution in [1.29, 1.82) is 0 Å². The van der Waals surface area contributed by atoms with E-state index in [0.29, 0.717) is 11.3 Å². The van der Waals surface area contributed by atoms with Crippen molar-refractivity contribution in [3.63, 3.8) is 0 Å². The van der Waals surface area contributed by atoms with Crippen molar-refractivity contribution in [2.75, 3.05) is 12.4 Å². The molecule has 9 nitrogen and oxygen atoms in total. The van der Waals surface area contributed by atoms with Crippen LogP contribution in [-0.2, 0) is 21.5 Å². The topological polar surface area (TPSA) is 114 Å². The van der Waals surface area contributed by atoms with Gasteiger partial charge >= 0.3 is 16.1 Å². The maximum absolute atomic E-state index is 12.9. The third kappa shape index (κ3) is 7.38. The summed E-state index contributed by atoms with van der Waals surface area (Å²) in [6, 6.07) is 10.3. The number of methoxy groups -OCH3 is 1. The minimum absolute atomic E-state index is 0.0132. The van der Waals surface area contributed by atoms with Gasteiger partial charge in [-0.1, -0.05) is 13.0 Å². The summed E-state index contributed by atoms with van der Waals surface area (Å²) in [6.07, 6.45) is 0.758. The number of hydrogen-bond donors (Lipinski definition) is 2. The lowest BCUT2D eigenvalue weighted by molar-refractivity contribution is -0.114. The van der Waals surface area contributed by atoms with Crippen LogP contribution in [0, 0.1) is 0 Å². The van der Waals surface area contributed by atoms with Crippen molar-refractivity contribution >= 4 is 27.7 Å². The molecular formula is C24H33N3O6S. The summed E-state index contributed by atoms with van der Waals surface area (Å²) < 4.78 is 36.5. The summed E-state index contributed by atoms with van der Waals surface area (Å²) in [5, 5.41) is 5.48. The van der Waals surface area contributed by atoms with Crippen molar-refractivity contribution in [3.05, 3.63) is 48.0 Å². The van der Waals surface area contributed by atoms with Gasteiger partial charge in [0.2, 0.25) is 5.91 Å². The molecule has 0 saturated heterocycles. The van der Waals surface area contributed by atoms with Crippen LogP contribution in [0.2, 0.25) is 0 Å². The van der Waals surface area contributed by atoms with E-state index in [9.17, 15) is 18.0 Å². The van der Waals surface area contributed by atoms with Crippen molar-refractivity contribution in [1.82, 2.24) is 10.2 Å².